The third-order valence-electron chi connectivity index (χ3n) is 7.13. The fraction of sp³-hybridized carbons (Fsp3) is 0.290. The van der Waals surface area contributed by atoms with Gasteiger partial charge >= 0.3 is 0 Å². The lowest BCUT2D eigenvalue weighted by atomic mass is 10.1. The Morgan fingerprint density at radius 3 is 2.71 bits per heavy atom. The summed E-state index contributed by atoms with van der Waals surface area (Å²) in [5.41, 5.74) is 2.04. The average molecular weight is 574 g/mol. The molecule has 0 radical (unpaired) electrons. The van der Waals surface area contributed by atoms with Gasteiger partial charge < -0.3 is 25.0 Å². The molecule has 0 unspecified atom stereocenters. The van der Waals surface area contributed by atoms with E-state index in [1.165, 1.54) is 19.2 Å². The molecule has 2 aliphatic rings. The van der Waals surface area contributed by atoms with Crippen LogP contribution in [-0.4, -0.2) is 59.6 Å². The van der Waals surface area contributed by atoms with Crippen LogP contribution in [0.4, 0.5) is 4.39 Å². The summed E-state index contributed by atoms with van der Waals surface area (Å²) in [5.74, 6) is -0.421. The van der Waals surface area contributed by atoms with Crippen LogP contribution >= 0.6 is 0 Å². The summed E-state index contributed by atoms with van der Waals surface area (Å²) < 4.78 is 26.2. The summed E-state index contributed by atoms with van der Waals surface area (Å²) in [6, 6.07) is 16.7. The number of ether oxygens (including phenoxy) is 2. The first-order valence-corrected chi connectivity index (χ1v) is 13.8. The highest BCUT2D eigenvalue weighted by atomic mass is 19.1. The Kier molecular flexibility index (Phi) is 8.96. The average Bonchev–Trinajstić information content (AvgIpc) is 3.40. The number of carbonyl (C=O) groups is 3. The molecule has 4 aromatic rings. The lowest BCUT2D eigenvalue weighted by molar-refractivity contribution is -0.131. The van der Waals surface area contributed by atoms with Crippen LogP contribution in [0, 0.1) is 5.82 Å². The van der Waals surface area contributed by atoms with Crippen molar-refractivity contribution in [3.63, 3.8) is 0 Å². The van der Waals surface area contributed by atoms with E-state index in [1.807, 2.05) is 24.3 Å². The molecule has 6 rings (SSSR count). The number of para-hydroxylation sites is 1. The summed E-state index contributed by atoms with van der Waals surface area (Å²) in [5, 5.41) is 13.8. The molecule has 0 aliphatic carbocycles. The van der Waals surface area contributed by atoms with E-state index >= 15 is 0 Å². The van der Waals surface area contributed by atoms with Crippen LogP contribution < -0.4 is 20.1 Å². The molecule has 11 heteroatoms. The number of nitrogens with one attached hydrogen (secondary N) is 3. The summed E-state index contributed by atoms with van der Waals surface area (Å²) >= 11 is 0. The van der Waals surface area contributed by atoms with Gasteiger partial charge in [0.1, 0.15) is 11.6 Å². The van der Waals surface area contributed by atoms with Gasteiger partial charge in [0.25, 0.3) is 5.91 Å². The van der Waals surface area contributed by atoms with Crippen molar-refractivity contribution in [2.45, 2.75) is 32.2 Å². The van der Waals surface area contributed by atoms with Crippen molar-refractivity contribution in [1.29, 1.82) is 0 Å². The zero-order chi connectivity index (χ0) is 29.5. The number of methoxy groups -OCH3 is 1. The zero-order valence-electron chi connectivity index (χ0n) is 23.2. The van der Waals surface area contributed by atoms with Crippen LogP contribution in [-0.2, 0) is 22.6 Å². The molecule has 0 fully saturated rings. The fourth-order valence-electron chi connectivity index (χ4n) is 4.87. The minimum Gasteiger partial charge on any atom is -0.493 e. The maximum absolute atomic E-state index is 14.8. The van der Waals surface area contributed by atoms with Crippen LogP contribution in [0.25, 0.3) is 10.9 Å². The molecule has 0 saturated heterocycles. The molecule has 0 atom stereocenters. The third kappa shape index (κ3) is 6.68. The van der Waals surface area contributed by atoms with Gasteiger partial charge in [-0.25, -0.2) is 4.39 Å². The summed E-state index contributed by atoms with van der Waals surface area (Å²) in [7, 11) is 1.45. The second kappa shape index (κ2) is 13.2. The molecule has 3 aromatic carbocycles. The Balaban J connectivity index is 1.35. The number of aromatic nitrogens is 2. The molecule has 1 aromatic heterocycles. The quantitative estimate of drug-likeness (QED) is 0.339. The number of hydrogen-bond acceptors (Lipinski definition) is 6. The lowest BCUT2D eigenvalue weighted by Crippen LogP contribution is -2.36. The second-order valence-electron chi connectivity index (χ2n) is 9.95. The first kappa shape index (κ1) is 28.6. The number of fused-ring (bicyclic) bond motifs is 14. The number of hydrogen-bond donors (Lipinski definition) is 3. The smallest absolute Gasteiger partial charge is 0.251 e. The Labute approximate surface area is 242 Å². The van der Waals surface area contributed by atoms with Gasteiger partial charge in [-0.15, -0.1) is 0 Å². The number of carbonyl (C=O) groups excluding carboxylic acids is 3. The molecular weight excluding hydrogens is 541 g/mol. The normalized spacial score (nSPS) is 15.0. The van der Waals surface area contributed by atoms with E-state index in [1.54, 1.807) is 29.2 Å². The number of amides is 3. The maximum Gasteiger partial charge on any atom is 0.251 e. The van der Waals surface area contributed by atoms with Gasteiger partial charge in [-0.05, 0) is 49.2 Å². The molecule has 218 valence electrons. The van der Waals surface area contributed by atoms with E-state index in [0.29, 0.717) is 49.5 Å². The van der Waals surface area contributed by atoms with Crippen molar-refractivity contribution in [3.8, 4) is 17.2 Å². The monoisotopic (exact) mass is 573 g/mol. The molecular formula is C31H32FN5O5. The minimum atomic E-state index is -0.531. The zero-order valence-corrected chi connectivity index (χ0v) is 23.2. The van der Waals surface area contributed by atoms with Crippen molar-refractivity contribution in [2.24, 2.45) is 0 Å². The van der Waals surface area contributed by atoms with Gasteiger partial charge in [-0.1, -0.05) is 24.3 Å². The first-order valence-electron chi connectivity index (χ1n) is 13.8. The Hall–Kier alpha value is -4.93. The van der Waals surface area contributed by atoms with E-state index < -0.39 is 5.82 Å². The molecule has 3 amide bonds. The highest BCUT2D eigenvalue weighted by molar-refractivity contribution is 5.95. The molecule has 2 aliphatic heterocycles. The summed E-state index contributed by atoms with van der Waals surface area (Å²) in [4.78, 5) is 40.6. The predicted molar refractivity (Wildman–Crippen MR) is 154 cm³/mol. The van der Waals surface area contributed by atoms with Gasteiger partial charge in [0, 0.05) is 49.1 Å². The van der Waals surface area contributed by atoms with E-state index in [2.05, 4.69) is 20.8 Å². The van der Waals surface area contributed by atoms with Crippen LogP contribution in [0.15, 0.2) is 60.7 Å². The van der Waals surface area contributed by atoms with Gasteiger partial charge in [0.2, 0.25) is 11.8 Å². The Morgan fingerprint density at radius 1 is 1.02 bits per heavy atom. The van der Waals surface area contributed by atoms with Crippen molar-refractivity contribution in [3.05, 3.63) is 83.3 Å². The van der Waals surface area contributed by atoms with Crippen molar-refractivity contribution in [2.75, 3.05) is 26.7 Å². The lowest BCUT2D eigenvalue weighted by Gasteiger charge is -2.23. The predicted octanol–water partition coefficient (Wildman–Crippen LogP) is 4.10. The van der Waals surface area contributed by atoms with Crippen LogP contribution in [0.3, 0.4) is 0 Å². The number of benzene rings is 3. The second-order valence-corrected chi connectivity index (χ2v) is 9.95. The van der Waals surface area contributed by atoms with Gasteiger partial charge in [0.15, 0.2) is 11.5 Å². The minimum absolute atomic E-state index is 0.0841. The molecule has 10 nitrogen and oxygen atoms in total. The SMILES string of the molecule is COc1cc2ccc1Oc1cccc(F)c1CNC(=O)CCCN(C(=O)Cc1[nH]nc3ccccc13)CCCNC2=O. The van der Waals surface area contributed by atoms with Gasteiger partial charge in [-0.2, -0.15) is 5.10 Å². The highest BCUT2D eigenvalue weighted by Crippen LogP contribution is 2.34. The molecule has 0 spiro atoms. The van der Waals surface area contributed by atoms with E-state index in [4.69, 9.17) is 9.47 Å². The van der Waals surface area contributed by atoms with Crippen molar-refractivity contribution >= 4 is 28.6 Å². The molecule has 0 saturated carbocycles. The molecule has 42 heavy (non-hydrogen) atoms. The number of nitrogens with zero attached hydrogens (tertiary/aromatic N) is 2. The van der Waals surface area contributed by atoms with Gasteiger partial charge in [0.05, 0.1) is 24.7 Å². The standard InChI is InChI=1S/C31H32FN5O5/c1-41-28-17-20-12-13-27(28)42-26-10-4-8-23(32)22(26)19-34-29(38)11-5-15-37(16-6-14-33-31(20)40)30(39)18-25-21-7-2-3-9-24(21)35-36-25/h2-4,7-10,12-13,17H,5-6,11,14-16,18-19H2,1H3,(H,33,40)(H,34,38)(H,35,36). The van der Waals surface area contributed by atoms with Crippen molar-refractivity contribution < 1.29 is 28.2 Å². The largest absolute Gasteiger partial charge is 0.493 e. The van der Waals surface area contributed by atoms with Crippen LogP contribution in [0.1, 0.15) is 40.9 Å². The summed E-state index contributed by atoms with van der Waals surface area (Å²) in [6.45, 7) is 0.989. The topological polar surface area (TPSA) is 126 Å². The van der Waals surface area contributed by atoms with Gasteiger partial charge in [-0.3, -0.25) is 19.5 Å². The maximum atomic E-state index is 14.8. The first-order chi connectivity index (χ1) is 20.4. The van der Waals surface area contributed by atoms with Crippen molar-refractivity contribution in [1.82, 2.24) is 25.7 Å². The Morgan fingerprint density at radius 2 is 1.86 bits per heavy atom. The number of H-pyrrole nitrogens is 1. The fourth-order valence-corrected chi connectivity index (χ4v) is 4.87. The van der Waals surface area contributed by atoms with E-state index in [-0.39, 0.29) is 48.4 Å². The third-order valence-corrected chi connectivity index (χ3v) is 7.13. The number of halogens is 1. The Bertz CT molecular complexity index is 1600. The van der Waals surface area contributed by atoms with E-state index in [0.717, 1.165) is 16.6 Å². The number of rotatable bonds is 3. The number of aromatic amines is 1. The highest BCUT2D eigenvalue weighted by Gasteiger charge is 2.19. The molecule has 3 N–H and O–H groups in total. The molecule has 3 heterocycles. The summed E-state index contributed by atoms with van der Waals surface area (Å²) in [6.07, 6.45) is 1.20. The van der Waals surface area contributed by atoms with Crippen LogP contribution in [0.5, 0.6) is 17.2 Å². The van der Waals surface area contributed by atoms with E-state index in [9.17, 15) is 18.8 Å². The molecule has 2 bridgehead atoms. The van der Waals surface area contributed by atoms with Crippen LogP contribution in [0.2, 0.25) is 0 Å².